The molecule has 0 spiro atoms. The summed E-state index contributed by atoms with van der Waals surface area (Å²) in [5.41, 5.74) is 8.09. The Labute approximate surface area is 112 Å². The van der Waals surface area contributed by atoms with E-state index in [2.05, 4.69) is 18.2 Å². The molecular weight excluding hydrogens is 240 g/mol. The van der Waals surface area contributed by atoms with E-state index < -0.39 is 0 Å². The van der Waals surface area contributed by atoms with Crippen molar-refractivity contribution in [2.75, 3.05) is 6.54 Å². The molecule has 1 aliphatic rings. The minimum absolute atomic E-state index is 0.713. The van der Waals surface area contributed by atoms with E-state index in [1.54, 1.807) is 0 Å². The molecule has 3 heteroatoms. The summed E-state index contributed by atoms with van der Waals surface area (Å²) >= 11 is 1.89. The summed E-state index contributed by atoms with van der Waals surface area (Å²) in [6.45, 7) is 0.713. The maximum Gasteiger partial charge on any atom is 0.0969 e. The van der Waals surface area contributed by atoms with E-state index in [1.165, 1.54) is 52.9 Å². The number of fused-ring (bicyclic) bond motifs is 1. The summed E-state index contributed by atoms with van der Waals surface area (Å²) in [5, 5.41) is 1.36. The molecule has 2 N–H and O–H groups in total. The Hall–Kier alpha value is -0.930. The van der Waals surface area contributed by atoms with Gasteiger partial charge in [0.2, 0.25) is 0 Å². The van der Waals surface area contributed by atoms with Crippen molar-refractivity contribution >= 4 is 21.6 Å². The Morgan fingerprint density at radius 1 is 1.22 bits per heavy atom. The topological polar surface area (TPSA) is 38.9 Å². The van der Waals surface area contributed by atoms with Crippen LogP contribution in [0.25, 0.3) is 10.2 Å². The van der Waals surface area contributed by atoms with Crippen LogP contribution in [0.5, 0.6) is 0 Å². The lowest BCUT2D eigenvalue weighted by Crippen LogP contribution is -2.03. The highest BCUT2D eigenvalue weighted by Crippen LogP contribution is 2.36. The van der Waals surface area contributed by atoms with Crippen LogP contribution in [0.4, 0.5) is 0 Å². The summed E-state index contributed by atoms with van der Waals surface area (Å²) in [5.74, 6) is 0.717. The minimum Gasteiger partial charge on any atom is -0.330 e. The second-order valence-corrected chi connectivity index (χ2v) is 6.29. The van der Waals surface area contributed by atoms with Crippen molar-refractivity contribution in [2.45, 2.75) is 44.4 Å². The lowest BCUT2D eigenvalue weighted by Gasteiger charge is -2.18. The van der Waals surface area contributed by atoms with Gasteiger partial charge in [-0.15, -0.1) is 11.3 Å². The number of aromatic nitrogens is 1. The molecule has 0 bridgehead atoms. The van der Waals surface area contributed by atoms with Crippen molar-refractivity contribution in [3.8, 4) is 0 Å². The summed E-state index contributed by atoms with van der Waals surface area (Å²) in [7, 11) is 0. The van der Waals surface area contributed by atoms with Crippen molar-refractivity contribution in [3.63, 3.8) is 0 Å². The molecule has 0 amide bonds. The Balaban J connectivity index is 1.89. The first-order chi connectivity index (χ1) is 8.86. The van der Waals surface area contributed by atoms with Crippen molar-refractivity contribution in [3.05, 3.63) is 28.8 Å². The maximum absolute atomic E-state index is 5.61. The van der Waals surface area contributed by atoms with E-state index in [-0.39, 0.29) is 0 Å². The second kappa shape index (κ2) is 5.37. The molecule has 2 nitrogen and oxygen atoms in total. The highest BCUT2D eigenvalue weighted by atomic mass is 32.1. The van der Waals surface area contributed by atoms with Gasteiger partial charge in [-0.2, -0.15) is 0 Å². The zero-order valence-corrected chi connectivity index (χ0v) is 11.5. The van der Waals surface area contributed by atoms with E-state index in [1.807, 2.05) is 11.3 Å². The van der Waals surface area contributed by atoms with Crippen LogP contribution < -0.4 is 5.73 Å². The third-order valence-corrected chi connectivity index (χ3v) is 5.05. The molecule has 1 fully saturated rings. The van der Waals surface area contributed by atoms with E-state index in [0.29, 0.717) is 12.5 Å². The molecule has 1 heterocycles. The van der Waals surface area contributed by atoms with E-state index >= 15 is 0 Å². The van der Waals surface area contributed by atoms with Crippen molar-refractivity contribution < 1.29 is 0 Å². The minimum atomic E-state index is 0.713. The number of nitrogens with two attached hydrogens (primary N) is 1. The Morgan fingerprint density at radius 3 is 2.83 bits per heavy atom. The number of nitrogens with zero attached hydrogens (tertiary/aromatic N) is 1. The van der Waals surface area contributed by atoms with Gasteiger partial charge in [-0.1, -0.05) is 25.3 Å². The maximum atomic E-state index is 5.61. The van der Waals surface area contributed by atoms with Crippen molar-refractivity contribution in [2.24, 2.45) is 5.73 Å². The molecule has 1 aromatic heterocycles. The number of rotatable bonds is 3. The first-order valence-corrected chi connectivity index (χ1v) is 7.78. The lowest BCUT2D eigenvalue weighted by molar-refractivity contribution is 0.443. The number of hydrogen-bond acceptors (Lipinski definition) is 3. The highest BCUT2D eigenvalue weighted by Gasteiger charge is 2.19. The average Bonchev–Trinajstić information content (AvgIpc) is 2.83. The van der Waals surface area contributed by atoms with Gasteiger partial charge in [0.25, 0.3) is 0 Å². The van der Waals surface area contributed by atoms with E-state index in [4.69, 9.17) is 10.7 Å². The molecule has 0 saturated heterocycles. The molecule has 0 radical (unpaired) electrons. The lowest BCUT2D eigenvalue weighted by atomic mass is 9.90. The molecule has 1 saturated carbocycles. The quantitative estimate of drug-likeness (QED) is 0.910. The standard InChI is InChI=1S/C15H20N2S/c16-9-8-11-6-7-14-13(10-11)17-15(18-14)12-4-2-1-3-5-12/h6-7,10,12H,1-5,8-9,16H2. The first kappa shape index (κ1) is 12.1. The molecule has 0 unspecified atom stereocenters. The van der Waals surface area contributed by atoms with E-state index in [0.717, 1.165) is 6.42 Å². The molecule has 18 heavy (non-hydrogen) atoms. The zero-order valence-electron chi connectivity index (χ0n) is 10.7. The highest BCUT2D eigenvalue weighted by molar-refractivity contribution is 7.18. The Bertz CT molecular complexity index is 526. The normalized spacial score (nSPS) is 17.4. The third-order valence-electron chi connectivity index (χ3n) is 3.86. The third kappa shape index (κ3) is 2.43. The van der Waals surface area contributed by atoms with Gasteiger partial charge in [0.05, 0.1) is 15.2 Å². The summed E-state index contributed by atoms with van der Waals surface area (Å²) in [6.07, 6.45) is 7.76. The first-order valence-electron chi connectivity index (χ1n) is 6.96. The molecular formula is C15H20N2S. The van der Waals surface area contributed by atoms with Crippen LogP contribution in [0.2, 0.25) is 0 Å². The molecule has 3 rings (SSSR count). The molecule has 1 aromatic carbocycles. The van der Waals surface area contributed by atoms with Crippen LogP contribution in [-0.4, -0.2) is 11.5 Å². The van der Waals surface area contributed by atoms with Gasteiger partial charge in [0.15, 0.2) is 0 Å². The van der Waals surface area contributed by atoms with Crippen molar-refractivity contribution in [1.29, 1.82) is 0 Å². The monoisotopic (exact) mass is 260 g/mol. The largest absolute Gasteiger partial charge is 0.330 e. The van der Waals surface area contributed by atoms with Crippen LogP contribution in [0, 0.1) is 0 Å². The Morgan fingerprint density at radius 2 is 2.06 bits per heavy atom. The van der Waals surface area contributed by atoms with Crippen LogP contribution in [0.1, 0.15) is 48.6 Å². The number of benzene rings is 1. The average molecular weight is 260 g/mol. The van der Waals surface area contributed by atoms with Gasteiger partial charge in [0.1, 0.15) is 0 Å². The van der Waals surface area contributed by atoms with Gasteiger partial charge in [-0.05, 0) is 43.5 Å². The van der Waals surface area contributed by atoms with Crippen LogP contribution in [0.15, 0.2) is 18.2 Å². The van der Waals surface area contributed by atoms with Crippen LogP contribution >= 0.6 is 11.3 Å². The van der Waals surface area contributed by atoms with Gasteiger partial charge in [0, 0.05) is 5.92 Å². The fourth-order valence-corrected chi connectivity index (χ4v) is 3.95. The molecule has 1 aliphatic carbocycles. The second-order valence-electron chi connectivity index (χ2n) is 5.23. The summed E-state index contributed by atoms with van der Waals surface area (Å²) in [4.78, 5) is 4.86. The number of hydrogen-bond donors (Lipinski definition) is 1. The van der Waals surface area contributed by atoms with Gasteiger partial charge >= 0.3 is 0 Å². The fraction of sp³-hybridized carbons (Fsp3) is 0.533. The van der Waals surface area contributed by atoms with Gasteiger partial charge in [-0.25, -0.2) is 4.98 Å². The zero-order chi connectivity index (χ0) is 12.4. The fourth-order valence-electron chi connectivity index (χ4n) is 2.84. The predicted molar refractivity (Wildman–Crippen MR) is 78.2 cm³/mol. The van der Waals surface area contributed by atoms with E-state index in [9.17, 15) is 0 Å². The molecule has 96 valence electrons. The van der Waals surface area contributed by atoms with Crippen molar-refractivity contribution in [1.82, 2.24) is 4.98 Å². The smallest absolute Gasteiger partial charge is 0.0969 e. The number of thiazole rings is 1. The predicted octanol–water partition coefficient (Wildman–Crippen LogP) is 3.85. The molecule has 2 aromatic rings. The molecule has 0 atom stereocenters. The summed E-state index contributed by atoms with van der Waals surface area (Å²) in [6, 6.07) is 6.62. The van der Waals surface area contributed by atoms with Crippen LogP contribution in [-0.2, 0) is 6.42 Å². The SMILES string of the molecule is NCCc1ccc2sc(C3CCCCC3)nc2c1. The summed E-state index contributed by atoms with van der Waals surface area (Å²) < 4.78 is 1.33. The molecule has 0 aliphatic heterocycles. The van der Waals surface area contributed by atoms with Gasteiger partial charge < -0.3 is 5.73 Å². The Kier molecular flexibility index (Phi) is 3.62. The van der Waals surface area contributed by atoms with Crippen LogP contribution in [0.3, 0.4) is 0 Å². The van der Waals surface area contributed by atoms with Gasteiger partial charge in [-0.3, -0.25) is 0 Å².